The van der Waals surface area contributed by atoms with Crippen molar-refractivity contribution in [1.82, 2.24) is 19.9 Å². The summed E-state index contributed by atoms with van der Waals surface area (Å²) in [4.78, 5) is 34.0. The summed E-state index contributed by atoms with van der Waals surface area (Å²) in [6.07, 6.45) is 2.77. The van der Waals surface area contributed by atoms with Gasteiger partial charge in [-0.1, -0.05) is 0 Å². The number of rotatable bonds is 3. The van der Waals surface area contributed by atoms with Crippen LogP contribution < -0.4 is 0 Å². The van der Waals surface area contributed by atoms with E-state index in [1.54, 1.807) is 0 Å². The van der Waals surface area contributed by atoms with E-state index in [1.807, 2.05) is 0 Å². The van der Waals surface area contributed by atoms with Crippen molar-refractivity contribution >= 4 is 11.9 Å². The molecule has 0 bridgehead atoms. The molecule has 0 aliphatic rings. The monoisotopic (exact) mass is 222 g/mol. The molecule has 0 saturated heterocycles. The maximum atomic E-state index is 10.7. The number of nitrogens with one attached hydrogen (secondary N) is 2. The summed E-state index contributed by atoms with van der Waals surface area (Å²) in [6, 6.07) is 0. The SMILES string of the molecule is O=C(O)c1nc(-c2cnc[nH]2)[nH]c1C(=O)O. The molecule has 82 valence electrons. The van der Waals surface area contributed by atoms with Gasteiger partial charge in [0.15, 0.2) is 17.2 Å². The van der Waals surface area contributed by atoms with Crippen LogP contribution in [0.5, 0.6) is 0 Å². The van der Waals surface area contributed by atoms with Crippen molar-refractivity contribution in [2.24, 2.45) is 0 Å². The van der Waals surface area contributed by atoms with Gasteiger partial charge >= 0.3 is 11.9 Å². The molecule has 16 heavy (non-hydrogen) atoms. The molecule has 8 heteroatoms. The van der Waals surface area contributed by atoms with Crippen LogP contribution >= 0.6 is 0 Å². The van der Waals surface area contributed by atoms with Gasteiger partial charge < -0.3 is 20.2 Å². The number of carbonyl (C=O) groups is 2. The Kier molecular flexibility index (Phi) is 2.16. The van der Waals surface area contributed by atoms with Gasteiger partial charge in [-0.15, -0.1) is 0 Å². The first kappa shape index (κ1) is 9.90. The number of nitrogens with zero attached hydrogens (tertiary/aromatic N) is 2. The fourth-order valence-electron chi connectivity index (χ4n) is 1.20. The van der Waals surface area contributed by atoms with Crippen LogP contribution in [-0.2, 0) is 0 Å². The molecule has 8 nitrogen and oxygen atoms in total. The highest BCUT2D eigenvalue weighted by atomic mass is 16.4. The fraction of sp³-hybridized carbons (Fsp3) is 0. The topological polar surface area (TPSA) is 132 Å². The van der Waals surface area contributed by atoms with E-state index in [4.69, 9.17) is 10.2 Å². The number of carboxylic acids is 2. The van der Waals surface area contributed by atoms with Gasteiger partial charge in [0, 0.05) is 0 Å². The molecule has 0 atom stereocenters. The second kappa shape index (κ2) is 3.50. The highest BCUT2D eigenvalue weighted by Crippen LogP contribution is 2.15. The molecular formula is C8H6N4O4. The maximum absolute atomic E-state index is 10.7. The lowest BCUT2D eigenvalue weighted by Crippen LogP contribution is -2.07. The number of hydrogen-bond donors (Lipinski definition) is 4. The summed E-state index contributed by atoms with van der Waals surface area (Å²) >= 11 is 0. The number of H-pyrrole nitrogens is 2. The molecule has 0 aromatic carbocycles. The Hall–Kier alpha value is -2.64. The lowest BCUT2D eigenvalue weighted by Gasteiger charge is -1.89. The highest BCUT2D eigenvalue weighted by Gasteiger charge is 2.22. The van der Waals surface area contributed by atoms with Crippen molar-refractivity contribution in [3.05, 3.63) is 23.9 Å². The predicted octanol–water partition coefficient (Wildman–Crippen LogP) is 0.196. The van der Waals surface area contributed by atoms with E-state index in [0.29, 0.717) is 5.69 Å². The largest absolute Gasteiger partial charge is 0.477 e. The van der Waals surface area contributed by atoms with Crippen LogP contribution in [0.1, 0.15) is 21.0 Å². The summed E-state index contributed by atoms with van der Waals surface area (Å²) in [7, 11) is 0. The third-order valence-electron chi connectivity index (χ3n) is 1.87. The number of hydrogen-bond acceptors (Lipinski definition) is 4. The summed E-state index contributed by atoms with van der Waals surface area (Å²) in [6.45, 7) is 0. The first-order chi connectivity index (χ1) is 7.59. The molecule has 2 rings (SSSR count). The first-order valence-electron chi connectivity index (χ1n) is 4.15. The minimum Gasteiger partial charge on any atom is -0.477 e. The zero-order valence-electron chi connectivity index (χ0n) is 7.76. The third kappa shape index (κ3) is 1.52. The van der Waals surface area contributed by atoms with E-state index in [2.05, 4.69) is 19.9 Å². The molecule has 0 spiro atoms. The molecule has 2 heterocycles. The third-order valence-corrected chi connectivity index (χ3v) is 1.87. The van der Waals surface area contributed by atoms with Gasteiger partial charge in [0.05, 0.1) is 12.5 Å². The molecule has 0 fully saturated rings. The van der Waals surface area contributed by atoms with Crippen molar-refractivity contribution in [2.45, 2.75) is 0 Å². The zero-order valence-corrected chi connectivity index (χ0v) is 7.76. The van der Waals surface area contributed by atoms with E-state index >= 15 is 0 Å². The first-order valence-corrected chi connectivity index (χ1v) is 4.15. The number of aromatic amines is 2. The Morgan fingerprint density at radius 3 is 2.44 bits per heavy atom. The fourth-order valence-corrected chi connectivity index (χ4v) is 1.20. The minimum atomic E-state index is -1.40. The number of carboxylic acid groups (broad SMARTS) is 2. The quantitative estimate of drug-likeness (QED) is 0.586. The van der Waals surface area contributed by atoms with E-state index in [1.165, 1.54) is 12.5 Å². The second-order valence-corrected chi connectivity index (χ2v) is 2.88. The Bertz CT molecular complexity index is 511. The van der Waals surface area contributed by atoms with E-state index in [9.17, 15) is 9.59 Å². The molecule has 2 aromatic heterocycles. The summed E-state index contributed by atoms with van der Waals surface area (Å²) in [5.41, 5.74) is -0.579. The van der Waals surface area contributed by atoms with Crippen LogP contribution in [0.25, 0.3) is 11.5 Å². The standard InChI is InChI=1S/C8H6N4O4/c13-7(14)4-5(8(15)16)12-6(11-4)3-1-9-2-10-3/h1-2H,(H,9,10)(H,11,12)(H,13,14)(H,15,16). The lowest BCUT2D eigenvalue weighted by atomic mass is 10.3. The molecular weight excluding hydrogens is 216 g/mol. The second-order valence-electron chi connectivity index (χ2n) is 2.88. The molecule has 0 radical (unpaired) electrons. The van der Waals surface area contributed by atoms with Gasteiger partial charge in [-0.05, 0) is 0 Å². The number of imidazole rings is 2. The van der Waals surface area contributed by atoms with Crippen LogP contribution in [0.2, 0.25) is 0 Å². The van der Waals surface area contributed by atoms with Crippen molar-refractivity contribution in [1.29, 1.82) is 0 Å². The Balaban J connectivity index is 2.55. The average Bonchev–Trinajstić information content (AvgIpc) is 2.86. The molecule has 0 saturated carbocycles. The predicted molar refractivity (Wildman–Crippen MR) is 50.1 cm³/mol. The van der Waals surface area contributed by atoms with E-state index < -0.39 is 23.3 Å². The van der Waals surface area contributed by atoms with Gasteiger partial charge in [0.1, 0.15) is 5.69 Å². The smallest absolute Gasteiger partial charge is 0.357 e. The zero-order chi connectivity index (χ0) is 11.7. The Labute approximate surface area is 88.0 Å². The van der Waals surface area contributed by atoms with Crippen LogP contribution in [0.4, 0.5) is 0 Å². The van der Waals surface area contributed by atoms with Crippen LogP contribution in [-0.4, -0.2) is 42.1 Å². The van der Waals surface area contributed by atoms with Gasteiger partial charge in [-0.2, -0.15) is 0 Å². The van der Waals surface area contributed by atoms with Gasteiger partial charge in [0.25, 0.3) is 0 Å². The van der Waals surface area contributed by atoms with Crippen LogP contribution in [0, 0.1) is 0 Å². The van der Waals surface area contributed by atoms with Gasteiger partial charge in [0.2, 0.25) is 0 Å². The van der Waals surface area contributed by atoms with Crippen LogP contribution in [0.3, 0.4) is 0 Å². The minimum absolute atomic E-state index is 0.118. The van der Waals surface area contributed by atoms with Crippen molar-refractivity contribution in [3.63, 3.8) is 0 Å². The lowest BCUT2D eigenvalue weighted by molar-refractivity contribution is 0.0644. The number of aromatic nitrogens is 4. The molecule has 0 unspecified atom stereocenters. The summed E-state index contributed by atoms with van der Waals surface area (Å²) < 4.78 is 0. The van der Waals surface area contributed by atoms with Crippen molar-refractivity contribution in [3.8, 4) is 11.5 Å². The number of aromatic carboxylic acids is 2. The molecule has 0 amide bonds. The van der Waals surface area contributed by atoms with Gasteiger partial charge in [-0.3, -0.25) is 0 Å². The molecule has 4 N–H and O–H groups in total. The average molecular weight is 222 g/mol. The van der Waals surface area contributed by atoms with E-state index in [-0.39, 0.29) is 5.82 Å². The Morgan fingerprint density at radius 1 is 1.25 bits per heavy atom. The highest BCUT2D eigenvalue weighted by molar-refractivity contribution is 5.99. The van der Waals surface area contributed by atoms with Crippen LogP contribution in [0.15, 0.2) is 12.5 Å². The van der Waals surface area contributed by atoms with E-state index in [0.717, 1.165) is 0 Å². The van der Waals surface area contributed by atoms with Crippen molar-refractivity contribution < 1.29 is 19.8 Å². The normalized spacial score (nSPS) is 10.2. The molecule has 2 aromatic rings. The Morgan fingerprint density at radius 2 is 2.00 bits per heavy atom. The summed E-state index contributed by atoms with van der Waals surface area (Å²) in [5, 5.41) is 17.5. The molecule has 0 aliphatic heterocycles. The van der Waals surface area contributed by atoms with Gasteiger partial charge in [-0.25, -0.2) is 19.6 Å². The maximum Gasteiger partial charge on any atom is 0.357 e. The molecule has 0 aliphatic carbocycles. The van der Waals surface area contributed by atoms with Crippen molar-refractivity contribution in [2.75, 3.05) is 0 Å². The summed E-state index contributed by atoms with van der Waals surface area (Å²) in [5.74, 6) is -2.66.